The molecule has 0 saturated heterocycles. The van der Waals surface area contributed by atoms with Crippen LogP contribution in [0.2, 0.25) is 0 Å². The summed E-state index contributed by atoms with van der Waals surface area (Å²) in [6.07, 6.45) is 0.751. The number of aryl methyl sites for hydroxylation is 3. The van der Waals surface area contributed by atoms with E-state index in [1.807, 2.05) is 0 Å². The van der Waals surface area contributed by atoms with Crippen LogP contribution in [0.1, 0.15) is 17.0 Å². The van der Waals surface area contributed by atoms with Crippen molar-refractivity contribution in [1.82, 2.24) is 9.55 Å². The predicted molar refractivity (Wildman–Crippen MR) is 92.7 cm³/mol. The van der Waals surface area contributed by atoms with Crippen LogP contribution in [0, 0.1) is 13.8 Å². The van der Waals surface area contributed by atoms with E-state index in [0.29, 0.717) is 5.88 Å². The largest absolute Gasteiger partial charge is 0.296 e. The SMILES string of the molecule is Cc1cc(Br)cc(-n2c(CCCl)nc3cc(C)ccc32)c1. The summed E-state index contributed by atoms with van der Waals surface area (Å²) in [5.74, 6) is 1.57. The van der Waals surface area contributed by atoms with Crippen molar-refractivity contribution >= 4 is 38.6 Å². The summed E-state index contributed by atoms with van der Waals surface area (Å²) in [4.78, 5) is 4.76. The first kappa shape index (κ1) is 14.6. The number of alkyl halides is 1. The van der Waals surface area contributed by atoms with Crippen molar-refractivity contribution in [2.24, 2.45) is 0 Å². The lowest BCUT2D eigenvalue weighted by molar-refractivity contribution is 0.911. The van der Waals surface area contributed by atoms with Crippen molar-refractivity contribution in [2.75, 3.05) is 5.88 Å². The molecule has 2 aromatic carbocycles. The van der Waals surface area contributed by atoms with Crippen molar-refractivity contribution in [1.29, 1.82) is 0 Å². The van der Waals surface area contributed by atoms with Crippen LogP contribution in [-0.2, 0) is 6.42 Å². The van der Waals surface area contributed by atoms with E-state index in [0.717, 1.165) is 33.4 Å². The van der Waals surface area contributed by atoms with Crippen molar-refractivity contribution in [2.45, 2.75) is 20.3 Å². The van der Waals surface area contributed by atoms with Crippen LogP contribution in [0.5, 0.6) is 0 Å². The van der Waals surface area contributed by atoms with Crippen molar-refractivity contribution in [3.8, 4) is 5.69 Å². The summed E-state index contributed by atoms with van der Waals surface area (Å²) in [7, 11) is 0. The molecule has 0 N–H and O–H groups in total. The lowest BCUT2D eigenvalue weighted by atomic mass is 10.2. The van der Waals surface area contributed by atoms with E-state index in [-0.39, 0.29) is 0 Å². The van der Waals surface area contributed by atoms with Gasteiger partial charge >= 0.3 is 0 Å². The molecular weight excluding hydrogens is 348 g/mol. The fourth-order valence-corrected chi connectivity index (χ4v) is 3.39. The molecule has 0 fully saturated rings. The molecule has 108 valence electrons. The van der Waals surface area contributed by atoms with Gasteiger partial charge in [0.15, 0.2) is 0 Å². The zero-order chi connectivity index (χ0) is 15.0. The van der Waals surface area contributed by atoms with Crippen LogP contribution in [0.25, 0.3) is 16.7 Å². The minimum absolute atomic E-state index is 0.565. The maximum Gasteiger partial charge on any atom is 0.115 e. The first-order chi connectivity index (χ1) is 10.1. The Bertz CT molecular complexity index is 788. The van der Waals surface area contributed by atoms with Gasteiger partial charge in [0, 0.05) is 22.5 Å². The third-order valence-electron chi connectivity index (χ3n) is 3.48. The van der Waals surface area contributed by atoms with Crippen LogP contribution in [-0.4, -0.2) is 15.4 Å². The summed E-state index contributed by atoms with van der Waals surface area (Å²) in [5, 5.41) is 0. The fraction of sp³-hybridized carbons (Fsp3) is 0.235. The number of fused-ring (bicyclic) bond motifs is 1. The molecule has 1 aromatic heterocycles. The monoisotopic (exact) mass is 362 g/mol. The van der Waals surface area contributed by atoms with Gasteiger partial charge in [-0.25, -0.2) is 4.98 Å². The molecule has 0 saturated carbocycles. The highest BCUT2D eigenvalue weighted by molar-refractivity contribution is 9.10. The van der Waals surface area contributed by atoms with Gasteiger partial charge in [-0.2, -0.15) is 0 Å². The lowest BCUT2D eigenvalue weighted by Gasteiger charge is -2.10. The maximum atomic E-state index is 5.95. The molecule has 0 aliphatic heterocycles. The minimum atomic E-state index is 0.565. The van der Waals surface area contributed by atoms with E-state index in [1.54, 1.807) is 0 Å². The second-order valence-corrected chi connectivity index (χ2v) is 6.58. The summed E-state index contributed by atoms with van der Waals surface area (Å²) >= 11 is 9.53. The molecule has 3 aromatic rings. The van der Waals surface area contributed by atoms with Gasteiger partial charge in [-0.1, -0.05) is 22.0 Å². The van der Waals surface area contributed by atoms with Gasteiger partial charge in [-0.3, -0.25) is 4.57 Å². The molecule has 4 heteroatoms. The Morgan fingerprint density at radius 1 is 1.10 bits per heavy atom. The molecule has 0 aliphatic carbocycles. The van der Waals surface area contributed by atoms with Gasteiger partial charge in [0.1, 0.15) is 5.82 Å². The molecular formula is C17H16BrClN2. The maximum absolute atomic E-state index is 5.95. The Labute approximate surface area is 137 Å². The van der Waals surface area contributed by atoms with Gasteiger partial charge in [-0.05, 0) is 55.3 Å². The van der Waals surface area contributed by atoms with Crippen molar-refractivity contribution in [3.63, 3.8) is 0 Å². The smallest absolute Gasteiger partial charge is 0.115 e. The standard InChI is InChI=1S/C17H16BrClN2/c1-11-3-4-16-15(9-11)20-17(5-6-19)21(16)14-8-12(2)7-13(18)10-14/h3-4,7-10H,5-6H2,1-2H3. The Balaban J connectivity index is 2.30. The topological polar surface area (TPSA) is 17.8 Å². The number of hydrogen-bond acceptors (Lipinski definition) is 1. The minimum Gasteiger partial charge on any atom is -0.296 e. The van der Waals surface area contributed by atoms with Gasteiger partial charge < -0.3 is 0 Å². The van der Waals surface area contributed by atoms with Crippen molar-refractivity contribution < 1.29 is 0 Å². The second kappa shape index (κ2) is 5.82. The average Bonchev–Trinajstić information content (AvgIpc) is 2.75. The van der Waals surface area contributed by atoms with Gasteiger partial charge in [0.05, 0.1) is 11.0 Å². The third kappa shape index (κ3) is 2.85. The molecule has 3 rings (SSSR count). The average molecular weight is 364 g/mol. The predicted octanol–water partition coefficient (Wildman–Crippen LogP) is 5.19. The van der Waals surface area contributed by atoms with Crippen LogP contribution in [0.3, 0.4) is 0 Å². The van der Waals surface area contributed by atoms with Gasteiger partial charge in [-0.15, -0.1) is 11.6 Å². The van der Waals surface area contributed by atoms with E-state index in [9.17, 15) is 0 Å². The Morgan fingerprint density at radius 2 is 1.90 bits per heavy atom. The highest BCUT2D eigenvalue weighted by Crippen LogP contribution is 2.26. The zero-order valence-corrected chi connectivity index (χ0v) is 14.4. The molecule has 0 aliphatic rings. The molecule has 0 bridgehead atoms. The molecule has 0 radical (unpaired) electrons. The lowest BCUT2D eigenvalue weighted by Crippen LogP contribution is -2.02. The van der Waals surface area contributed by atoms with Crippen LogP contribution in [0.15, 0.2) is 40.9 Å². The molecule has 21 heavy (non-hydrogen) atoms. The highest BCUT2D eigenvalue weighted by atomic mass is 79.9. The highest BCUT2D eigenvalue weighted by Gasteiger charge is 2.13. The number of aromatic nitrogens is 2. The summed E-state index contributed by atoms with van der Waals surface area (Å²) in [6, 6.07) is 12.8. The van der Waals surface area contributed by atoms with E-state index in [4.69, 9.17) is 16.6 Å². The Hall–Kier alpha value is -1.32. The third-order valence-corrected chi connectivity index (χ3v) is 4.13. The Morgan fingerprint density at radius 3 is 2.62 bits per heavy atom. The van der Waals surface area contributed by atoms with Gasteiger partial charge in [0.2, 0.25) is 0 Å². The van der Waals surface area contributed by atoms with Gasteiger partial charge in [0.25, 0.3) is 0 Å². The van der Waals surface area contributed by atoms with E-state index < -0.39 is 0 Å². The fourth-order valence-electron chi connectivity index (χ4n) is 2.63. The summed E-state index contributed by atoms with van der Waals surface area (Å²) < 4.78 is 3.28. The molecule has 0 amide bonds. The first-order valence-corrected chi connectivity index (χ1v) is 8.23. The van der Waals surface area contributed by atoms with E-state index >= 15 is 0 Å². The molecule has 0 spiro atoms. The zero-order valence-electron chi connectivity index (χ0n) is 12.0. The number of nitrogens with zero attached hydrogens (tertiary/aromatic N) is 2. The Kier molecular flexibility index (Phi) is 4.05. The quantitative estimate of drug-likeness (QED) is 0.586. The molecule has 1 heterocycles. The number of hydrogen-bond donors (Lipinski definition) is 0. The van der Waals surface area contributed by atoms with E-state index in [1.165, 1.54) is 11.1 Å². The first-order valence-electron chi connectivity index (χ1n) is 6.90. The number of imidazole rings is 1. The summed E-state index contributed by atoms with van der Waals surface area (Å²) in [6.45, 7) is 4.18. The number of benzene rings is 2. The van der Waals surface area contributed by atoms with Crippen LogP contribution >= 0.6 is 27.5 Å². The molecule has 0 unspecified atom stereocenters. The molecule has 2 nitrogen and oxygen atoms in total. The summed E-state index contributed by atoms with van der Waals surface area (Å²) in [5.41, 5.74) is 5.69. The second-order valence-electron chi connectivity index (χ2n) is 5.28. The van der Waals surface area contributed by atoms with Crippen LogP contribution < -0.4 is 0 Å². The van der Waals surface area contributed by atoms with Crippen LogP contribution in [0.4, 0.5) is 0 Å². The molecule has 0 atom stereocenters. The normalized spacial score (nSPS) is 11.2. The van der Waals surface area contributed by atoms with Crippen molar-refractivity contribution in [3.05, 3.63) is 57.8 Å². The van der Waals surface area contributed by atoms with E-state index in [2.05, 4.69) is 70.7 Å². The number of rotatable bonds is 3. The number of halogens is 2.